The third-order valence-electron chi connectivity index (χ3n) is 3.63. The molecule has 5 heteroatoms. The molecule has 2 rings (SSSR count). The van der Waals surface area contributed by atoms with Gasteiger partial charge in [-0.2, -0.15) is 0 Å². The normalized spacial score (nSPS) is 16.6. The molecule has 1 aromatic rings. The van der Waals surface area contributed by atoms with Crippen molar-refractivity contribution in [3.8, 4) is 11.5 Å². The Morgan fingerprint density at radius 3 is 2.75 bits per heavy atom. The first-order chi connectivity index (χ1) is 9.61. The van der Waals surface area contributed by atoms with E-state index in [1.165, 1.54) is 0 Å². The maximum Gasteiger partial charge on any atom is 0.172 e. The number of hydrogen-bond donors (Lipinski definition) is 1. The lowest BCUT2D eigenvalue weighted by molar-refractivity contribution is 0.0406. The molecule has 0 bridgehead atoms. The number of halogens is 1. The SMILES string of the molecule is CCOc1cc(CN(C)C2CCOCC2)cc(Br)c1O. The van der Waals surface area contributed by atoms with Crippen LogP contribution in [0.15, 0.2) is 16.6 Å². The highest BCUT2D eigenvalue weighted by atomic mass is 79.9. The number of phenolic OH excluding ortho intramolecular Hbond substituents is 1. The highest BCUT2D eigenvalue weighted by Crippen LogP contribution is 2.36. The molecule has 0 unspecified atom stereocenters. The highest BCUT2D eigenvalue weighted by Gasteiger charge is 2.19. The van der Waals surface area contributed by atoms with Crippen LogP contribution in [0.5, 0.6) is 11.5 Å². The summed E-state index contributed by atoms with van der Waals surface area (Å²) in [6.07, 6.45) is 2.15. The van der Waals surface area contributed by atoms with Crippen molar-refractivity contribution in [1.82, 2.24) is 4.90 Å². The van der Waals surface area contributed by atoms with Crippen LogP contribution >= 0.6 is 15.9 Å². The van der Waals surface area contributed by atoms with Gasteiger partial charge in [0.15, 0.2) is 11.5 Å². The first kappa shape index (κ1) is 15.6. The van der Waals surface area contributed by atoms with Gasteiger partial charge in [0.25, 0.3) is 0 Å². The number of benzene rings is 1. The summed E-state index contributed by atoms with van der Waals surface area (Å²) in [7, 11) is 2.14. The average molecular weight is 344 g/mol. The number of aromatic hydroxyl groups is 1. The van der Waals surface area contributed by atoms with Gasteiger partial charge in [-0.3, -0.25) is 4.90 Å². The lowest BCUT2D eigenvalue weighted by Crippen LogP contribution is -2.36. The van der Waals surface area contributed by atoms with Crippen molar-refractivity contribution in [2.24, 2.45) is 0 Å². The summed E-state index contributed by atoms with van der Waals surface area (Å²) in [5.41, 5.74) is 1.13. The molecule has 0 aliphatic carbocycles. The third-order valence-corrected chi connectivity index (χ3v) is 4.24. The number of nitrogens with zero attached hydrogens (tertiary/aromatic N) is 1. The fourth-order valence-electron chi connectivity index (χ4n) is 2.53. The molecule has 1 aliphatic heterocycles. The highest BCUT2D eigenvalue weighted by molar-refractivity contribution is 9.10. The van der Waals surface area contributed by atoms with Crippen molar-refractivity contribution >= 4 is 15.9 Å². The molecule has 1 aromatic carbocycles. The molecule has 4 nitrogen and oxygen atoms in total. The van der Waals surface area contributed by atoms with E-state index in [0.717, 1.165) is 38.2 Å². The second-order valence-corrected chi connectivity index (χ2v) is 5.97. The summed E-state index contributed by atoms with van der Waals surface area (Å²) in [5.74, 6) is 0.710. The van der Waals surface area contributed by atoms with Crippen molar-refractivity contribution in [2.75, 3.05) is 26.9 Å². The Kier molecular flexibility index (Phi) is 5.69. The fourth-order valence-corrected chi connectivity index (χ4v) is 3.02. The Hall–Kier alpha value is -0.780. The summed E-state index contributed by atoms with van der Waals surface area (Å²) in [5, 5.41) is 9.93. The smallest absolute Gasteiger partial charge is 0.172 e. The van der Waals surface area contributed by atoms with E-state index in [9.17, 15) is 5.11 Å². The summed E-state index contributed by atoms with van der Waals surface area (Å²) in [6.45, 7) is 4.98. The number of hydrogen-bond acceptors (Lipinski definition) is 4. The van der Waals surface area contributed by atoms with Crippen LogP contribution in [0.25, 0.3) is 0 Å². The zero-order valence-electron chi connectivity index (χ0n) is 12.1. The standard InChI is InChI=1S/C15H22BrNO3/c1-3-20-14-9-11(8-13(16)15(14)18)10-17(2)12-4-6-19-7-5-12/h8-9,12,18H,3-7,10H2,1-2H3. The molecule has 20 heavy (non-hydrogen) atoms. The van der Waals surface area contributed by atoms with Gasteiger partial charge in [-0.15, -0.1) is 0 Å². The van der Waals surface area contributed by atoms with E-state index in [0.29, 0.717) is 22.9 Å². The maximum atomic E-state index is 9.93. The van der Waals surface area contributed by atoms with E-state index in [4.69, 9.17) is 9.47 Å². The zero-order valence-corrected chi connectivity index (χ0v) is 13.6. The molecule has 0 amide bonds. The molecule has 1 aliphatic rings. The van der Waals surface area contributed by atoms with Crippen LogP contribution in [0.3, 0.4) is 0 Å². The van der Waals surface area contributed by atoms with E-state index in [1.54, 1.807) is 0 Å². The van der Waals surface area contributed by atoms with Gasteiger partial charge in [-0.1, -0.05) is 0 Å². The molecule has 1 saturated heterocycles. The monoisotopic (exact) mass is 343 g/mol. The minimum atomic E-state index is 0.171. The van der Waals surface area contributed by atoms with E-state index < -0.39 is 0 Å². The largest absolute Gasteiger partial charge is 0.503 e. The minimum absolute atomic E-state index is 0.171. The topological polar surface area (TPSA) is 41.9 Å². The van der Waals surface area contributed by atoms with Crippen molar-refractivity contribution in [3.63, 3.8) is 0 Å². The van der Waals surface area contributed by atoms with Gasteiger partial charge in [0, 0.05) is 25.8 Å². The van der Waals surface area contributed by atoms with Gasteiger partial charge in [0.1, 0.15) is 0 Å². The number of ether oxygens (including phenoxy) is 2. The fraction of sp³-hybridized carbons (Fsp3) is 0.600. The molecular weight excluding hydrogens is 322 g/mol. The second kappa shape index (κ2) is 7.29. The van der Waals surface area contributed by atoms with Crippen LogP contribution in [-0.4, -0.2) is 42.9 Å². The van der Waals surface area contributed by atoms with Crippen molar-refractivity contribution in [2.45, 2.75) is 32.4 Å². The molecular formula is C15H22BrNO3. The average Bonchev–Trinajstić information content (AvgIpc) is 2.45. The lowest BCUT2D eigenvalue weighted by Gasteiger charge is -2.31. The van der Waals surface area contributed by atoms with Crippen LogP contribution in [0.2, 0.25) is 0 Å². The molecule has 0 radical (unpaired) electrons. The molecule has 1 fully saturated rings. The second-order valence-electron chi connectivity index (χ2n) is 5.12. The van der Waals surface area contributed by atoms with Crippen molar-refractivity contribution in [3.05, 3.63) is 22.2 Å². The van der Waals surface area contributed by atoms with Crippen LogP contribution in [0.1, 0.15) is 25.3 Å². The number of rotatable bonds is 5. The molecule has 1 heterocycles. The maximum absolute atomic E-state index is 9.93. The Bertz CT molecular complexity index is 447. The van der Waals surface area contributed by atoms with Crippen LogP contribution in [0, 0.1) is 0 Å². The Balaban J connectivity index is 2.08. The minimum Gasteiger partial charge on any atom is -0.503 e. The van der Waals surface area contributed by atoms with E-state index in [1.807, 2.05) is 19.1 Å². The molecule has 0 aromatic heterocycles. The summed E-state index contributed by atoms with van der Waals surface area (Å²) in [6, 6.07) is 4.43. The molecule has 0 atom stereocenters. The summed E-state index contributed by atoms with van der Waals surface area (Å²) in [4.78, 5) is 2.34. The third kappa shape index (κ3) is 3.87. The van der Waals surface area contributed by atoms with Gasteiger partial charge >= 0.3 is 0 Å². The summed E-state index contributed by atoms with van der Waals surface area (Å²) >= 11 is 3.38. The lowest BCUT2D eigenvalue weighted by atomic mass is 10.1. The Labute approximate surface area is 128 Å². The zero-order chi connectivity index (χ0) is 14.5. The van der Waals surface area contributed by atoms with Gasteiger partial charge in [-0.25, -0.2) is 0 Å². The van der Waals surface area contributed by atoms with Crippen LogP contribution < -0.4 is 4.74 Å². The quantitative estimate of drug-likeness (QED) is 0.891. The van der Waals surface area contributed by atoms with Gasteiger partial charge in [0.2, 0.25) is 0 Å². The predicted octanol–water partition coefficient (Wildman–Crippen LogP) is 3.16. The van der Waals surface area contributed by atoms with E-state index in [2.05, 4.69) is 27.9 Å². The molecule has 112 valence electrons. The van der Waals surface area contributed by atoms with Crippen LogP contribution in [-0.2, 0) is 11.3 Å². The van der Waals surface area contributed by atoms with Gasteiger partial charge in [0.05, 0.1) is 11.1 Å². The Morgan fingerprint density at radius 2 is 2.10 bits per heavy atom. The molecule has 0 saturated carbocycles. The Morgan fingerprint density at radius 1 is 1.40 bits per heavy atom. The summed E-state index contributed by atoms with van der Waals surface area (Å²) < 4.78 is 11.5. The van der Waals surface area contributed by atoms with Crippen molar-refractivity contribution < 1.29 is 14.6 Å². The van der Waals surface area contributed by atoms with Crippen LogP contribution in [0.4, 0.5) is 0 Å². The van der Waals surface area contributed by atoms with Gasteiger partial charge in [-0.05, 0) is 60.4 Å². The predicted molar refractivity (Wildman–Crippen MR) is 82.3 cm³/mol. The van der Waals surface area contributed by atoms with E-state index in [-0.39, 0.29) is 5.75 Å². The molecule has 0 spiro atoms. The molecule has 1 N–H and O–H groups in total. The van der Waals surface area contributed by atoms with E-state index >= 15 is 0 Å². The van der Waals surface area contributed by atoms with Crippen molar-refractivity contribution in [1.29, 1.82) is 0 Å². The first-order valence-corrected chi connectivity index (χ1v) is 7.83. The number of phenols is 1. The van der Waals surface area contributed by atoms with Gasteiger partial charge < -0.3 is 14.6 Å². The first-order valence-electron chi connectivity index (χ1n) is 7.04.